The predicted octanol–water partition coefficient (Wildman–Crippen LogP) is 8.66. The lowest BCUT2D eigenvalue weighted by Crippen LogP contribution is -2.30. The number of thioether (sulfide) groups is 1. The summed E-state index contributed by atoms with van der Waals surface area (Å²) in [6, 6.07) is 26.1. The quantitative estimate of drug-likeness (QED) is 0.0868. The largest absolute Gasteiger partial charge is 0.493 e. The van der Waals surface area contributed by atoms with Crippen molar-refractivity contribution in [3.8, 4) is 22.8 Å². The van der Waals surface area contributed by atoms with Gasteiger partial charge in [-0.2, -0.15) is 0 Å². The van der Waals surface area contributed by atoms with Crippen LogP contribution in [0, 0.1) is 0 Å². The molecule has 0 aliphatic heterocycles. The number of hydrogen-bond donors (Lipinski definition) is 3. The molecule has 0 aliphatic carbocycles. The molecule has 0 spiro atoms. The third kappa shape index (κ3) is 9.21. The van der Waals surface area contributed by atoms with Crippen molar-refractivity contribution in [2.45, 2.75) is 17.1 Å². The fourth-order valence-corrected chi connectivity index (χ4v) is 6.51. The van der Waals surface area contributed by atoms with Crippen molar-refractivity contribution in [3.05, 3.63) is 123 Å². The van der Waals surface area contributed by atoms with Gasteiger partial charge in [0.2, 0.25) is 5.91 Å². The average Bonchev–Trinajstić information content (AvgIpc) is 3.58. The maximum absolute atomic E-state index is 13.5. The van der Waals surface area contributed by atoms with Gasteiger partial charge in [-0.05, 0) is 73.2 Å². The highest BCUT2D eigenvalue weighted by Crippen LogP contribution is 2.34. The Morgan fingerprint density at radius 2 is 1.63 bits per heavy atom. The van der Waals surface area contributed by atoms with E-state index >= 15 is 0 Å². The number of nitrogens with zero attached hydrogens (tertiary/aromatic N) is 1. The van der Waals surface area contributed by atoms with Crippen LogP contribution in [0.4, 0.5) is 10.8 Å². The smallest absolute Gasteiger partial charge is 0.272 e. The number of carbonyl (C=O) groups is 3. The number of aromatic nitrogens is 1. The second-order valence-electron chi connectivity index (χ2n) is 10.4. The van der Waals surface area contributed by atoms with E-state index in [2.05, 4.69) is 20.9 Å². The second kappa shape index (κ2) is 16.5. The van der Waals surface area contributed by atoms with Gasteiger partial charge in [-0.25, -0.2) is 4.98 Å². The van der Waals surface area contributed by atoms with Gasteiger partial charge >= 0.3 is 0 Å². The molecular weight excluding hydrogens is 703 g/mol. The molecule has 3 N–H and O–H groups in total. The van der Waals surface area contributed by atoms with Crippen LogP contribution in [0.3, 0.4) is 0 Å². The lowest BCUT2D eigenvalue weighted by Gasteiger charge is -2.14. The van der Waals surface area contributed by atoms with E-state index in [0.29, 0.717) is 44.2 Å². The zero-order chi connectivity index (χ0) is 34.9. The van der Waals surface area contributed by atoms with Crippen LogP contribution < -0.4 is 25.4 Å². The van der Waals surface area contributed by atoms with Crippen molar-refractivity contribution >= 4 is 80.9 Å². The first-order chi connectivity index (χ1) is 23.6. The Kier molecular flexibility index (Phi) is 12.0. The molecule has 0 saturated carbocycles. The fraction of sp³-hybridized carbons (Fsp3) is 0.111. The molecule has 0 bridgehead atoms. The van der Waals surface area contributed by atoms with Gasteiger partial charge in [-0.15, -0.1) is 23.1 Å². The summed E-state index contributed by atoms with van der Waals surface area (Å²) >= 11 is 15.2. The average molecular weight is 734 g/mol. The van der Waals surface area contributed by atoms with E-state index in [9.17, 15) is 14.4 Å². The Labute approximate surface area is 301 Å². The molecular formula is C36H30Cl2N4O5S2. The third-order valence-corrected chi connectivity index (χ3v) is 9.68. The number of benzene rings is 4. The number of nitrogens with one attached hydrogen (secondary N) is 3. The van der Waals surface area contributed by atoms with E-state index in [4.69, 9.17) is 32.7 Å². The second-order valence-corrected chi connectivity index (χ2v) is 13.4. The van der Waals surface area contributed by atoms with Gasteiger partial charge in [-0.3, -0.25) is 14.4 Å². The first-order valence-electron chi connectivity index (χ1n) is 14.7. The molecule has 0 fully saturated rings. The summed E-state index contributed by atoms with van der Waals surface area (Å²) < 4.78 is 10.7. The molecule has 3 amide bonds. The monoisotopic (exact) mass is 732 g/mol. The van der Waals surface area contributed by atoms with E-state index in [1.165, 1.54) is 29.2 Å². The number of hydrogen-bond acceptors (Lipinski definition) is 8. The number of halogens is 2. The highest BCUT2D eigenvalue weighted by Gasteiger charge is 2.19. The highest BCUT2D eigenvalue weighted by molar-refractivity contribution is 8.00. The zero-order valence-electron chi connectivity index (χ0n) is 26.5. The van der Waals surface area contributed by atoms with Gasteiger partial charge in [-0.1, -0.05) is 59.6 Å². The van der Waals surface area contributed by atoms with E-state index < -0.39 is 17.1 Å². The summed E-state index contributed by atoms with van der Waals surface area (Å²) in [6.45, 7) is 1.78. The molecule has 49 heavy (non-hydrogen) atoms. The molecule has 13 heteroatoms. The van der Waals surface area contributed by atoms with Gasteiger partial charge in [0.15, 0.2) is 16.6 Å². The molecule has 0 saturated heterocycles. The maximum Gasteiger partial charge on any atom is 0.272 e. The normalized spacial score (nSPS) is 11.7. The summed E-state index contributed by atoms with van der Waals surface area (Å²) in [4.78, 5) is 44.9. The maximum atomic E-state index is 13.5. The van der Waals surface area contributed by atoms with Crippen molar-refractivity contribution in [1.82, 2.24) is 10.3 Å². The lowest BCUT2D eigenvalue weighted by atomic mass is 10.1. The molecule has 1 atom stereocenters. The van der Waals surface area contributed by atoms with Crippen molar-refractivity contribution in [1.29, 1.82) is 0 Å². The predicted molar refractivity (Wildman–Crippen MR) is 198 cm³/mol. The molecule has 5 rings (SSSR count). The number of ether oxygens (including phenoxy) is 2. The highest BCUT2D eigenvalue weighted by atomic mass is 35.5. The SMILES string of the molecule is COc1ccc(-c2csc(NC(=O)C(C)Sc3cccc(NC(=O)/C(=C\c4cccc(Cl)c4Cl)NC(=O)c4ccccc4)c3)n2)cc1OC. The molecule has 1 aromatic heterocycles. The Morgan fingerprint density at radius 1 is 0.878 bits per heavy atom. The molecule has 1 heterocycles. The number of anilines is 2. The summed E-state index contributed by atoms with van der Waals surface area (Å²) in [7, 11) is 3.14. The summed E-state index contributed by atoms with van der Waals surface area (Å²) in [5.74, 6) is -0.0991. The third-order valence-electron chi connectivity index (χ3n) is 7.00. The summed E-state index contributed by atoms with van der Waals surface area (Å²) in [5.41, 5.74) is 2.76. The fourth-order valence-electron chi connectivity index (χ4n) is 4.50. The molecule has 0 radical (unpaired) electrons. The van der Waals surface area contributed by atoms with E-state index in [-0.39, 0.29) is 16.6 Å². The molecule has 5 aromatic rings. The van der Waals surface area contributed by atoms with Crippen molar-refractivity contribution in [2.24, 2.45) is 0 Å². The number of amides is 3. The van der Waals surface area contributed by atoms with Crippen molar-refractivity contribution in [3.63, 3.8) is 0 Å². The van der Waals surface area contributed by atoms with Gasteiger partial charge in [0.1, 0.15) is 5.70 Å². The Balaban J connectivity index is 1.26. The molecule has 9 nitrogen and oxygen atoms in total. The zero-order valence-corrected chi connectivity index (χ0v) is 29.6. The van der Waals surface area contributed by atoms with Gasteiger partial charge < -0.3 is 25.4 Å². The Hall–Kier alpha value is -4.81. The first kappa shape index (κ1) is 35.5. The summed E-state index contributed by atoms with van der Waals surface area (Å²) in [5, 5.41) is 10.8. The van der Waals surface area contributed by atoms with Crippen LogP contribution in [0.15, 0.2) is 107 Å². The van der Waals surface area contributed by atoms with E-state index in [0.717, 1.165) is 10.5 Å². The minimum atomic E-state index is -0.581. The Morgan fingerprint density at radius 3 is 2.39 bits per heavy atom. The van der Waals surface area contributed by atoms with Gasteiger partial charge in [0.05, 0.1) is 35.2 Å². The van der Waals surface area contributed by atoms with Crippen LogP contribution in [-0.4, -0.2) is 42.2 Å². The number of methoxy groups -OCH3 is 2. The molecule has 0 aliphatic rings. The van der Waals surface area contributed by atoms with Crippen molar-refractivity contribution < 1.29 is 23.9 Å². The van der Waals surface area contributed by atoms with E-state index in [1.807, 2.05) is 23.6 Å². The standard InChI is InChI=1S/C36H30Cl2N4O5S2/c1-21(33(43)42-36-41-29(20-48-36)23-15-16-30(46-2)31(18-23)47-3)49-26-13-8-12-25(19-26)39-35(45)28(17-24-11-7-14-27(37)32(24)38)40-34(44)22-9-5-4-6-10-22/h4-21H,1-3H3,(H,39,45)(H,40,44)(H,41,42,43)/b28-17+. The van der Waals surface area contributed by atoms with Crippen LogP contribution in [0.1, 0.15) is 22.8 Å². The topological polar surface area (TPSA) is 119 Å². The minimum absolute atomic E-state index is 0.0419. The van der Waals surface area contributed by atoms with Gasteiger partial charge in [0, 0.05) is 27.1 Å². The van der Waals surface area contributed by atoms with Gasteiger partial charge in [0.25, 0.3) is 11.8 Å². The Bertz CT molecular complexity index is 2020. The number of carbonyl (C=O) groups excluding carboxylic acids is 3. The lowest BCUT2D eigenvalue weighted by molar-refractivity contribution is -0.115. The van der Waals surface area contributed by atoms with Crippen LogP contribution >= 0.6 is 46.3 Å². The molecule has 1 unspecified atom stereocenters. The minimum Gasteiger partial charge on any atom is -0.493 e. The van der Waals surface area contributed by atoms with Crippen LogP contribution in [0.5, 0.6) is 11.5 Å². The van der Waals surface area contributed by atoms with Crippen LogP contribution in [0.2, 0.25) is 10.0 Å². The van der Waals surface area contributed by atoms with E-state index in [1.54, 1.807) is 93.9 Å². The first-order valence-corrected chi connectivity index (χ1v) is 17.3. The van der Waals surface area contributed by atoms with Crippen LogP contribution in [-0.2, 0) is 9.59 Å². The summed E-state index contributed by atoms with van der Waals surface area (Å²) in [6.07, 6.45) is 1.46. The number of thiazole rings is 1. The van der Waals surface area contributed by atoms with Crippen LogP contribution in [0.25, 0.3) is 17.3 Å². The van der Waals surface area contributed by atoms with Crippen molar-refractivity contribution in [2.75, 3.05) is 24.9 Å². The molecule has 4 aromatic carbocycles. The number of rotatable bonds is 12. The molecule has 250 valence electrons.